The van der Waals surface area contributed by atoms with Gasteiger partial charge in [-0.15, -0.1) is 11.6 Å². The van der Waals surface area contributed by atoms with Crippen LogP contribution in [-0.2, 0) is 16.1 Å². The van der Waals surface area contributed by atoms with Gasteiger partial charge in [0.2, 0.25) is 0 Å². The number of alkyl halides is 1. The fourth-order valence-corrected chi connectivity index (χ4v) is 3.24. The van der Waals surface area contributed by atoms with Crippen molar-refractivity contribution in [1.82, 2.24) is 4.57 Å². The first-order valence-electron chi connectivity index (χ1n) is 8.99. The second-order valence-electron chi connectivity index (χ2n) is 7.61. The average molecular weight is 389 g/mol. The molecule has 1 unspecified atom stereocenters. The number of anilines is 1. The monoisotopic (exact) mass is 388 g/mol. The summed E-state index contributed by atoms with van der Waals surface area (Å²) < 4.78 is 7.48. The number of hydrogen-bond acceptors (Lipinski definition) is 4. The van der Waals surface area contributed by atoms with Crippen LogP contribution in [0.5, 0.6) is 0 Å². The van der Waals surface area contributed by atoms with Crippen LogP contribution in [0.3, 0.4) is 0 Å². The summed E-state index contributed by atoms with van der Waals surface area (Å²) in [6, 6.07) is 13.9. The topological polar surface area (TPSA) is 63.5 Å². The fraction of sp³-hybridized carbons (Fsp3) is 0.381. The van der Waals surface area contributed by atoms with Crippen LogP contribution in [0.1, 0.15) is 20.8 Å². The third-order valence-electron chi connectivity index (χ3n) is 4.20. The molecule has 0 spiro atoms. The summed E-state index contributed by atoms with van der Waals surface area (Å²) in [4.78, 5) is 12.4. The van der Waals surface area contributed by atoms with E-state index in [4.69, 9.17) is 16.3 Å². The first-order valence-corrected chi connectivity index (χ1v) is 9.52. The van der Waals surface area contributed by atoms with Gasteiger partial charge in [0.25, 0.3) is 0 Å². The molecular weight excluding hydrogens is 364 g/mol. The van der Waals surface area contributed by atoms with E-state index in [1.54, 1.807) is 0 Å². The third-order valence-corrected chi connectivity index (χ3v) is 4.56. The predicted molar refractivity (Wildman–Crippen MR) is 111 cm³/mol. The Morgan fingerprint density at radius 2 is 1.89 bits per heavy atom. The van der Waals surface area contributed by atoms with Gasteiger partial charge in [-0.25, -0.2) is 0 Å². The molecule has 0 aliphatic heterocycles. The molecule has 0 bridgehead atoms. The Labute approximate surface area is 163 Å². The third kappa shape index (κ3) is 4.54. The van der Waals surface area contributed by atoms with Gasteiger partial charge >= 0.3 is 5.97 Å². The van der Waals surface area contributed by atoms with Crippen LogP contribution in [0, 0.1) is 0 Å². The molecular formula is C21H25ClN2O3. The molecule has 0 aliphatic carbocycles. The Hall–Kier alpha value is -2.24. The summed E-state index contributed by atoms with van der Waals surface area (Å²) in [5, 5.41) is 15.0. The molecule has 3 aromatic rings. The molecule has 0 radical (unpaired) electrons. The summed E-state index contributed by atoms with van der Waals surface area (Å²) in [6.07, 6.45) is -0.601. The number of nitrogens with one attached hydrogen (secondary N) is 1. The number of carbonyl (C=O) groups excluding carboxylic acids is 1. The molecule has 1 heterocycles. The maximum absolute atomic E-state index is 12.4. The Morgan fingerprint density at radius 3 is 2.59 bits per heavy atom. The number of benzene rings is 2. The minimum atomic E-state index is -0.601. The lowest BCUT2D eigenvalue weighted by atomic mass is 10.1. The quantitative estimate of drug-likeness (QED) is 0.492. The zero-order valence-electron chi connectivity index (χ0n) is 15.8. The maximum atomic E-state index is 12.4. The number of aromatic nitrogens is 1. The molecule has 0 saturated carbocycles. The van der Waals surface area contributed by atoms with Gasteiger partial charge in [0.05, 0.1) is 12.0 Å². The molecule has 2 N–H and O–H groups in total. The SMILES string of the molecule is CC(C)(C)OC(=O)Cn1c2ccccc2c2cc(NCC(O)CCl)ccc21. The number of carbonyl (C=O) groups is 1. The van der Waals surface area contributed by atoms with Gasteiger partial charge in [-0.2, -0.15) is 0 Å². The standard InChI is InChI=1S/C21H25ClN2O3/c1-21(2,3)27-20(26)13-24-18-7-5-4-6-16(18)17-10-14(8-9-19(17)24)23-12-15(25)11-22/h4-10,15,23,25H,11-13H2,1-3H3. The highest BCUT2D eigenvalue weighted by Crippen LogP contribution is 2.31. The van der Waals surface area contributed by atoms with Gasteiger partial charge < -0.3 is 19.7 Å². The molecule has 144 valence electrons. The smallest absolute Gasteiger partial charge is 0.326 e. The van der Waals surface area contributed by atoms with E-state index in [1.807, 2.05) is 67.8 Å². The maximum Gasteiger partial charge on any atom is 0.326 e. The minimum Gasteiger partial charge on any atom is -0.459 e. The fourth-order valence-electron chi connectivity index (χ4n) is 3.13. The largest absolute Gasteiger partial charge is 0.459 e. The van der Waals surface area contributed by atoms with Crippen LogP contribution in [0.4, 0.5) is 5.69 Å². The Balaban J connectivity index is 1.99. The predicted octanol–water partition coefficient (Wildman–Crippen LogP) is 4.15. The van der Waals surface area contributed by atoms with E-state index in [0.29, 0.717) is 6.54 Å². The summed E-state index contributed by atoms with van der Waals surface area (Å²) >= 11 is 5.65. The molecule has 0 fully saturated rings. The van der Waals surface area contributed by atoms with Gasteiger partial charge in [0, 0.05) is 34.0 Å². The summed E-state index contributed by atoms with van der Waals surface area (Å²) in [5.74, 6) is -0.0812. The van der Waals surface area contributed by atoms with E-state index in [9.17, 15) is 9.90 Å². The van der Waals surface area contributed by atoms with E-state index in [0.717, 1.165) is 27.5 Å². The number of nitrogens with zero attached hydrogens (tertiary/aromatic N) is 1. The van der Waals surface area contributed by atoms with E-state index in [1.165, 1.54) is 0 Å². The molecule has 0 amide bonds. The zero-order chi connectivity index (χ0) is 19.6. The van der Waals surface area contributed by atoms with Crippen molar-refractivity contribution in [3.05, 3.63) is 42.5 Å². The summed E-state index contributed by atoms with van der Waals surface area (Å²) in [5.41, 5.74) is 2.32. The molecule has 6 heteroatoms. The molecule has 3 rings (SSSR count). The first-order chi connectivity index (χ1) is 12.8. The molecule has 2 aromatic carbocycles. The Bertz CT molecular complexity index is 959. The van der Waals surface area contributed by atoms with E-state index < -0.39 is 11.7 Å². The van der Waals surface area contributed by atoms with Crippen LogP contribution < -0.4 is 5.32 Å². The second kappa shape index (κ2) is 7.79. The van der Waals surface area contributed by atoms with Crippen LogP contribution in [0.25, 0.3) is 21.8 Å². The van der Waals surface area contributed by atoms with Gasteiger partial charge in [0.1, 0.15) is 12.1 Å². The molecule has 5 nitrogen and oxygen atoms in total. The lowest BCUT2D eigenvalue weighted by Crippen LogP contribution is -2.26. The number of para-hydroxylation sites is 1. The highest BCUT2D eigenvalue weighted by atomic mass is 35.5. The van der Waals surface area contributed by atoms with Crippen LogP contribution in [0.2, 0.25) is 0 Å². The number of hydrogen-bond donors (Lipinski definition) is 2. The van der Waals surface area contributed by atoms with Crippen LogP contribution >= 0.6 is 11.6 Å². The van der Waals surface area contributed by atoms with E-state index in [2.05, 4.69) is 5.32 Å². The van der Waals surface area contributed by atoms with Gasteiger partial charge in [-0.05, 0) is 45.0 Å². The van der Waals surface area contributed by atoms with Crippen molar-refractivity contribution in [2.75, 3.05) is 17.7 Å². The van der Waals surface area contributed by atoms with Crippen molar-refractivity contribution in [3.63, 3.8) is 0 Å². The lowest BCUT2D eigenvalue weighted by Gasteiger charge is -2.20. The van der Waals surface area contributed by atoms with Crippen molar-refractivity contribution in [2.45, 2.75) is 39.0 Å². The highest BCUT2D eigenvalue weighted by Gasteiger charge is 2.19. The number of aliphatic hydroxyl groups excluding tert-OH is 1. The molecule has 1 aromatic heterocycles. The van der Waals surface area contributed by atoms with E-state index >= 15 is 0 Å². The lowest BCUT2D eigenvalue weighted by molar-refractivity contribution is -0.155. The summed E-state index contributed by atoms with van der Waals surface area (Å²) in [6.45, 7) is 6.13. The highest BCUT2D eigenvalue weighted by molar-refractivity contribution is 6.18. The minimum absolute atomic E-state index is 0.152. The number of ether oxygens (including phenoxy) is 1. The second-order valence-corrected chi connectivity index (χ2v) is 7.92. The van der Waals surface area contributed by atoms with Crippen molar-refractivity contribution < 1.29 is 14.6 Å². The number of rotatable bonds is 6. The number of aliphatic hydroxyl groups is 1. The molecule has 27 heavy (non-hydrogen) atoms. The van der Waals surface area contributed by atoms with Crippen LogP contribution in [-0.4, -0.2) is 39.8 Å². The molecule has 1 atom stereocenters. The van der Waals surface area contributed by atoms with Gasteiger partial charge in [-0.1, -0.05) is 18.2 Å². The van der Waals surface area contributed by atoms with Crippen LogP contribution in [0.15, 0.2) is 42.5 Å². The number of esters is 1. The first kappa shape index (κ1) is 19.5. The normalized spacial score (nSPS) is 13.1. The van der Waals surface area contributed by atoms with Crippen molar-refractivity contribution in [2.24, 2.45) is 0 Å². The van der Waals surface area contributed by atoms with E-state index in [-0.39, 0.29) is 18.4 Å². The van der Waals surface area contributed by atoms with Gasteiger partial charge in [0.15, 0.2) is 0 Å². The Kier molecular flexibility index (Phi) is 5.63. The number of halogens is 1. The molecule has 0 saturated heterocycles. The van der Waals surface area contributed by atoms with Crippen molar-refractivity contribution in [1.29, 1.82) is 0 Å². The summed E-state index contributed by atoms with van der Waals surface area (Å²) in [7, 11) is 0. The Morgan fingerprint density at radius 1 is 1.19 bits per heavy atom. The van der Waals surface area contributed by atoms with Gasteiger partial charge in [-0.3, -0.25) is 4.79 Å². The average Bonchev–Trinajstić information content (AvgIpc) is 2.91. The number of fused-ring (bicyclic) bond motifs is 3. The zero-order valence-corrected chi connectivity index (χ0v) is 16.6. The molecule has 0 aliphatic rings. The van der Waals surface area contributed by atoms with Crippen molar-refractivity contribution >= 4 is 45.1 Å². The van der Waals surface area contributed by atoms with Crippen molar-refractivity contribution in [3.8, 4) is 0 Å².